The second-order valence-corrected chi connectivity index (χ2v) is 6.74. The van der Waals surface area contributed by atoms with E-state index in [2.05, 4.69) is 51.5 Å². The molecule has 0 unspecified atom stereocenters. The highest BCUT2D eigenvalue weighted by Gasteiger charge is 2.38. The zero-order valence-electron chi connectivity index (χ0n) is 12.9. The fourth-order valence-electron chi connectivity index (χ4n) is 4.42. The Hall–Kier alpha value is -1.90. The number of piperidine rings is 2. The first-order chi connectivity index (χ1) is 10.9. The van der Waals surface area contributed by atoms with Gasteiger partial charge in [-0.2, -0.15) is 10.2 Å². The molecule has 2 aliphatic heterocycles. The van der Waals surface area contributed by atoms with E-state index >= 15 is 0 Å². The minimum atomic E-state index is 0.705. The Kier molecular flexibility index (Phi) is 3.79. The lowest BCUT2D eigenvalue weighted by molar-refractivity contribution is 0.226. The molecule has 0 spiro atoms. The lowest BCUT2D eigenvalue weighted by Gasteiger charge is -2.50. The molecule has 4 rings (SSSR count). The predicted molar refractivity (Wildman–Crippen MR) is 88.8 cm³/mol. The average Bonchev–Trinajstić information content (AvgIpc) is 2.56. The molecule has 0 saturated carbocycles. The molecule has 0 radical (unpaired) electrons. The highest BCUT2D eigenvalue weighted by Crippen LogP contribution is 2.40. The van der Waals surface area contributed by atoms with Crippen LogP contribution in [0.3, 0.4) is 0 Å². The van der Waals surface area contributed by atoms with Gasteiger partial charge >= 0.3 is 0 Å². The topological polar surface area (TPSA) is 29.0 Å². The summed E-state index contributed by atoms with van der Waals surface area (Å²) in [6, 6.07) is 16.5. The Bertz CT molecular complexity index is 585. The zero-order chi connectivity index (χ0) is 14.8. The quantitative estimate of drug-likeness (QED) is 0.860. The Morgan fingerprint density at radius 2 is 1.73 bits per heavy atom. The molecule has 22 heavy (non-hydrogen) atoms. The average molecular weight is 293 g/mol. The maximum absolute atomic E-state index is 4.28. The standard InChI is InChI=1S/C19H23N3/c1-2-7-17(8-3-1)22-18-9-4-10-19(22)14-15(13-18)12-16-6-5-11-20-21-16/h1-3,5-8,11,15,18-19H,4,9-10,12-14H2/t15-,18+,19-. The summed E-state index contributed by atoms with van der Waals surface area (Å²) in [5.41, 5.74) is 2.56. The molecule has 1 aromatic carbocycles. The van der Waals surface area contributed by atoms with Gasteiger partial charge < -0.3 is 4.90 Å². The smallest absolute Gasteiger partial charge is 0.0633 e. The number of hydrogen-bond acceptors (Lipinski definition) is 3. The molecule has 3 atom stereocenters. The first-order valence-electron chi connectivity index (χ1n) is 8.50. The molecule has 2 fully saturated rings. The summed E-state index contributed by atoms with van der Waals surface area (Å²) in [6.45, 7) is 0. The third-order valence-electron chi connectivity index (χ3n) is 5.25. The highest BCUT2D eigenvalue weighted by molar-refractivity contribution is 5.49. The highest BCUT2D eigenvalue weighted by atomic mass is 15.2. The molecular weight excluding hydrogens is 270 g/mol. The van der Waals surface area contributed by atoms with Gasteiger partial charge in [0, 0.05) is 24.0 Å². The minimum Gasteiger partial charge on any atom is -0.366 e. The van der Waals surface area contributed by atoms with Crippen molar-refractivity contribution in [1.29, 1.82) is 0 Å². The SMILES string of the molecule is c1ccc(N2[C@@H]3CCC[C@H]2C[C@@H](Cc2cccnn2)C3)cc1. The van der Waals surface area contributed by atoms with Crippen molar-refractivity contribution in [3.05, 3.63) is 54.4 Å². The molecule has 1 aromatic heterocycles. The summed E-state index contributed by atoms with van der Waals surface area (Å²) < 4.78 is 0. The van der Waals surface area contributed by atoms with Crippen molar-refractivity contribution in [3.63, 3.8) is 0 Å². The van der Waals surface area contributed by atoms with Crippen molar-refractivity contribution < 1.29 is 0 Å². The van der Waals surface area contributed by atoms with Crippen molar-refractivity contribution >= 4 is 5.69 Å². The van der Waals surface area contributed by atoms with Crippen molar-refractivity contribution in [2.75, 3.05) is 4.90 Å². The fourth-order valence-corrected chi connectivity index (χ4v) is 4.42. The number of hydrogen-bond donors (Lipinski definition) is 0. The van der Waals surface area contributed by atoms with Gasteiger partial charge in [-0.05, 0) is 68.7 Å². The largest absolute Gasteiger partial charge is 0.366 e. The maximum atomic E-state index is 4.28. The number of aromatic nitrogens is 2. The van der Waals surface area contributed by atoms with E-state index in [0.29, 0.717) is 12.1 Å². The molecule has 3 heterocycles. The Labute approximate surface area is 132 Å². The maximum Gasteiger partial charge on any atom is 0.0633 e. The summed E-state index contributed by atoms with van der Waals surface area (Å²) in [5, 5.41) is 8.30. The third kappa shape index (κ3) is 2.72. The number of para-hydroxylation sites is 1. The number of anilines is 1. The van der Waals surface area contributed by atoms with Crippen molar-refractivity contribution in [2.24, 2.45) is 5.92 Å². The lowest BCUT2D eigenvalue weighted by atomic mass is 9.76. The Morgan fingerprint density at radius 3 is 2.41 bits per heavy atom. The first kappa shape index (κ1) is 13.7. The predicted octanol–water partition coefficient (Wildman–Crippen LogP) is 3.86. The van der Waals surface area contributed by atoms with E-state index in [4.69, 9.17) is 0 Å². The van der Waals surface area contributed by atoms with E-state index in [1.807, 2.05) is 6.07 Å². The molecule has 3 heteroatoms. The fraction of sp³-hybridized carbons (Fsp3) is 0.474. The van der Waals surface area contributed by atoms with Crippen molar-refractivity contribution in [3.8, 4) is 0 Å². The number of fused-ring (bicyclic) bond motifs is 2. The molecule has 0 aliphatic carbocycles. The van der Waals surface area contributed by atoms with Gasteiger partial charge in [-0.25, -0.2) is 0 Å². The van der Waals surface area contributed by atoms with Crippen molar-refractivity contribution in [2.45, 2.75) is 50.6 Å². The molecule has 2 bridgehead atoms. The van der Waals surface area contributed by atoms with Gasteiger partial charge in [0.1, 0.15) is 0 Å². The van der Waals surface area contributed by atoms with E-state index < -0.39 is 0 Å². The minimum absolute atomic E-state index is 0.705. The van der Waals surface area contributed by atoms with E-state index in [1.54, 1.807) is 6.20 Å². The second kappa shape index (κ2) is 6.07. The van der Waals surface area contributed by atoms with Gasteiger partial charge in [0.25, 0.3) is 0 Å². The van der Waals surface area contributed by atoms with Gasteiger partial charge in [0.2, 0.25) is 0 Å². The number of nitrogens with zero attached hydrogens (tertiary/aromatic N) is 3. The van der Waals surface area contributed by atoms with Gasteiger partial charge in [0.15, 0.2) is 0 Å². The molecule has 2 aromatic rings. The summed E-state index contributed by atoms with van der Waals surface area (Å²) in [4.78, 5) is 2.71. The van der Waals surface area contributed by atoms with Crippen LogP contribution in [0.4, 0.5) is 5.69 Å². The van der Waals surface area contributed by atoms with Gasteiger partial charge in [-0.3, -0.25) is 0 Å². The number of benzene rings is 1. The van der Waals surface area contributed by atoms with Crippen LogP contribution in [0.1, 0.15) is 37.8 Å². The summed E-state index contributed by atoms with van der Waals surface area (Å²) in [6.07, 6.45) is 9.49. The normalized spacial score (nSPS) is 27.6. The second-order valence-electron chi connectivity index (χ2n) is 6.74. The van der Waals surface area contributed by atoms with Crippen LogP contribution in [0.25, 0.3) is 0 Å². The van der Waals surface area contributed by atoms with Crippen LogP contribution in [0.15, 0.2) is 48.7 Å². The van der Waals surface area contributed by atoms with Crippen LogP contribution < -0.4 is 4.90 Å². The Morgan fingerprint density at radius 1 is 0.955 bits per heavy atom. The van der Waals surface area contributed by atoms with E-state index in [0.717, 1.165) is 18.0 Å². The van der Waals surface area contributed by atoms with Crippen LogP contribution in [0, 0.1) is 5.92 Å². The van der Waals surface area contributed by atoms with Gasteiger partial charge in [-0.1, -0.05) is 18.2 Å². The summed E-state index contributed by atoms with van der Waals surface area (Å²) in [7, 11) is 0. The van der Waals surface area contributed by atoms with Crippen LogP contribution in [-0.4, -0.2) is 22.3 Å². The van der Waals surface area contributed by atoms with Crippen molar-refractivity contribution in [1.82, 2.24) is 10.2 Å². The summed E-state index contributed by atoms with van der Waals surface area (Å²) >= 11 is 0. The molecule has 2 aliphatic rings. The van der Waals surface area contributed by atoms with Crippen LogP contribution in [0.5, 0.6) is 0 Å². The molecule has 0 amide bonds. The molecule has 0 N–H and O–H groups in total. The third-order valence-corrected chi connectivity index (χ3v) is 5.25. The summed E-state index contributed by atoms with van der Waals surface area (Å²) in [5.74, 6) is 0.756. The molecule has 114 valence electrons. The lowest BCUT2D eigenvalue weighted by Crippen LogP contribution is -2.52. The van der Waals surface area contributed by atoms with Gasteiger partial charge in [0.05, 0.1) is 5.69 Å². The van der Waals surface area contributed by atoms with E-state index in [-0.39, 0.29) is 0 Å². The van der Waals surface area contributed by atoms with E-state index in [1.165, 1.54) is 37.8 Å². The first-order valence-corrected chi connectivity index (χ1v) is 8.50. The van der Waals surface area contributed by atoms with Crippen LogP contribution in [0.2, 0.25) is 0 Å². The zero-order valence-corrected chi connectivity index (χ0v) is 12.9. The van der Waals surface area contributed by atoms with E-state index in [9.17, 15) is 0 Å². The van der Waals surface area contributed by atoms with Crippen LogP contribution in [-0.2, 0) is 6.42 Å². The molecular formula is C19H23N3. The number of rotatable bonds is 3. The molecule has 3 nitrogen and oxygen atoms in total. The monoisotopic (exact) mass is 293 g/mol. The Balaban J connectivity index is 1.51. The molecule has 2 saturated heterocycles. The van der Waals surface area contributed by atoms with Crippen LogP contribution >= 0.6 is 0 Å². The van der Waals surface area contributed by atoms with Gasteiger partial charge in [-0.15, -0.1) is 0 Å².